The van der Waals surface area contributed by atoms with Crippen LogP contribution in [0.1, 0.15) is 23.0 Å². The third-order valence-electron chi connectivity index (χ3n) is 7.23. The molecule has 0 bridgehead atoms. The SMILES string of the molecule is COc1ccc2cc(C(c3nnnn3Cc3ccc(F)cc3)N3CCN(c4ccccc4)CC3)c(=O)[nH]c2c1. The van der Waals surface area contributed by atoms with E-state index in [1.54, 1.807) is 23.9 Å². The van der Waals surface area contributed by atoms with Gasteiger partial charge in [-0.2, -0.15) is 0 Å². The van der Waals surface area contributed by atoms with E-state index in [0.717, 1.165) is 24.0 Å². The summed E-state index contributed by atoms with van der Waals surface area (Å²) in [5, 5.41) is 13.5. The Kier molecular flexibility index (Phi) is 6.76. The molecule has 2 aromatic heterocycles. The number of piperazine rings is 1. The summed E-state index contributed by atoms with van der Waals surface area (Å²) in [6, 6.07) is 23.6. The minimum absolute atomic E-state index is 0.206. The number of hydrogen-bond donors (Lipinski definition) is 1. The monoisotopic (exact) mass is 525 g/mol. The highest BCUT2D eigenvalue weighted by Gasteiger charge is 2.33. The van der Waals surface area contributed by atoms with Gasteiger partial charge in [0.25, 0.3) is 5.56 Å². The second-order valence-corrected chi connectivity index (χ2v) is 9.59. The number of nitrogens with one attached hydrogen (secondary N) is 1. The van der Waals surface area contributed by atoms with Gasteiger partial charge in [-0.15, -0.1) is 5.10 Å². The smallest absolute Gasteiger partial charge is 0.253 e. The standard InChI is InChI=1S/C29H28FN7O2/c1-39-24-12-9-21-17-25(29(38)31-26(21)18-24)27(36-15-13-35(14-16-36)23-5-3-2-4-6-23)28-32-33-34-37(28)19-20-7-10-22(30)11-8-20/h2-12,17-18,27H,13-16,19H2,1H3,(H,31,38). The Bertz CT molecular complexity index is 1630. The number of H-pyrrole nitrogens is 1. The van der Waals surface area contributed by atoms with Gasteiger partial charge in [0, 0.05) is 43.5 Å². The van der Waals surface area contributed by atoms with Gasteiger partial charge in [-0.3, -0.25) is 9.69 Å². The molecule has 1 saturated heterocycles. The van der Waals surface area contributed by atoms with E-state index in [-0.39, 0.29) is 11.4 Å². The lowest BCUT2D eigenvalue weighted by Gasteiger charge is -2.39. The number of aromatic nitrogens is 5. The van der Waals surface area contributed by atoms with E-state index < -0.39 is 6.04 Å². The van der Waals surface area contributed by atoms with Gasteiger partial charge in [0.1, 0.15) is 17.6 Å². The Balaban J connectivity index is 1.39. The Morgan fingerprint density at radius 1 is 0.974 bits per heavy atom. The molecule has 3 heterocycles. The van der Waals surface area contributed by atoms with Gasteiger partial charge in [-0.25, -0.2) is 9.07 Å². The maximum atomic E-state index is 13.6. The summed E-state index contributed by atoms with van der Waals surface area (Å²) in [4.78, 5) is 21.2. The number of rotatable bonds is 7. The van der Waals surface area contributed by atoms with Crippen LogP contribution >= 0.6 is 0 Å². The van der Waals surface area contributed by atoms with Crippen LogP contribution in [0.4, 0.5) is 10.1 Å². The first kappa shape index (κ1) is 24.7. The van der Waals surface area contributed by atoms with Crippen molar-refractivity contribution in [2.45, 2.75) is 12.6 Å². The fourth-order valence-electron chi connectivity index (χ4n) is 5.19. The number of nitrogens with zero attached hydrogens (tertiary/aromatic N) is 6. The van der Waals surface area contributed by atoms with Crippen molar-refractivity contribution in [2.24, 2.45) is 0 Å². The van der Waals surface area contributed by atoms with Crippen LogP contribution in [0.15, 0.2) is 83.7 Å². The molecule has 1 atom stereocenters. The van der Waals surface area contributed by atoms with E-state index in [9.17, 15) is 9.18 Å². The molecule has 1 fully saturated rings. The summed E-state index contributed by atoms with van der Waals surface area (Å²) in [7, 11) is 1.60. The molecule has 1 aliphatic heterocycles. The van der Waals surface area contributed by atoms with Crippen LogP contribution in [0.3, 0.4) is 0 Å². The number of anilines is 1. The molecular weight excluding hydrogens is 497 g/mol. The summed E-state index contributed by atoms with van der Waals surface area (Å²) in [6.45, 7) is 3.36. The van der Waals surface area contributed by atoms with Crippen LogP contribution in [-0.2, 0) is 6.54 Å². The predicted molar refractivity (Wildman–Crippen MR) is 147 cm³/mol. The number of tetrazole rings is 1. The topological polar surface area (TPSA) is 92.2 Å². The van der Waals surface area contributed by atoms with E-state index in [4.69, 9.17) is 4.74 Å². The van der Waals surface area contributed by atoms with Crippen molar-refractivity contribution in [3.63, 3.8) is 0 Å². The molecule has 10 heteroatoms. The Morgan fingerprint density at radius 3 is 2.49 bits per heavy atom. The van der Waals surface area contributed by atoms with Gasteiger partial charge in [0.2, 0.25) is 0 Å². The van der Waals surface area contributed by atoms with Gasteiger partial charge < -0.3 is 14.6 Å². The van der Waals surface area contributed by atoms with E-state index >= 15 is 0 Å². The zero-order valence-corrected chi connectivity index (χ0v) is 21.5. The van der Waals surface area contributed by atoms with Crippen molar-refractivity contribution in [2.75, 3.05) is 38.2 Å². The quantitative estimate of drug-likeness (QED) is 0.347. The second kappa shape index (κ2) is 10.7. The largest absolute Gasteiger partial charge is 0.497 e. The maximum Gasteiger partial charge on any atom is 0.253 e. The molecule has 1 aliphatic rings. The Hall–Kier alpha value is -4.57. The van der Waals surface area contributed by atoms with Crippen molar-refractivity contribution in [3.8, 4) is 5.75 Å². The first-order valence-electron chi connectivity index (χ1n) is 12.8. The lowest BCUT2D eigenvalue weighted by atomic mass is 10.0. The summed E-state index contributed by atoms with van der Waals surface area (Å²) in [5.74, 6) is 0.928. The lowest BCUT2D eigenvalue weighted by molar-refractivity contribution is 0.200. The van der Waals surface area contributed by atoms with Gasteiger partial charge in [-0.05, 0) is 63.8 Å². The van der Waals surface area contributed by atoms with Crippen LogP contribution < -0.4 is 15.2 Å². The number of methoxy groups -OCH3 is 1. The number of ether oxygens (including phenoxy) is 1. The first-order valence-corrected chi connectivity index (χ1v) is 12.8. The molecule has 9 nitrogen and oxygen atoms in total. The Labute approximate surface area is 224 Å². The molecule has 3 aromatic carbocycles. The van der Waals surface area contributed by atoms with Crippen molar-refractivity contribution < 1.29 is 9.13 Å². The number of benzene rings is 3. The average Bonchev–Trinajstić information content (AvgIpc) is 3.42. The molecular formula is C29H28FN7O2. The maximum absolute atomic E-state index is 13.6. The summed E-state index contributed by atoms with van der Waals surface area (Å²) in [6.07, 6.45) is 0. The van der Waals surface area contributed by atoms with Crippen LogP contribution in [0, 0.1) is 5.82 Å². The molecule has 5 aromatic rings. The predicted octanol–water partition coefficient (Wildman–Crippen LogP) is 3.62. The van der Waals surface area contributed by atoms with Gasteiger partial charge in [0.05, 0.1) is 19.2 Å². The summed E-state index contributed by atoms with van der Waals surface area (Å²) in [5.41, 5.74) is 3.09. The molecule has 39 heavy (non-hydrogen) atoms. The first-order chi connectivity index (χ1) is 19.1. The lowest BCUT2D eigenvalue weighted by Crippen LogP contribution is -2.49. The zero-order chi connectivity index (χ0) is 26.8. The highest BCUT2D eigenvalue weighted by atomic mass is 19.1. The van der Waals surface area contributed by atoms with E-state index in [2.05, 4.69) is 42.4 Å². The minimum Gasteiger partial charge on any atom is -0.497 e. The fourth-order valence-corrected chi connectivity index (χ4v) is 5.19. The van der Waals surface area contributed by atoms with Crippen molar-refractivity contribution in [1.29, 1.82) is 0 Å². The number of pyridine rings is 1. The van der Waals surface area contributed by atoms with E-state index in [1.807, 2.05) is 42.5 Å². The minimum atomic E-state index is -0.478. The van der Waals surface area contributed by atoms with Crippen LogP contribution in [-0.4, -0.2) is 63.4 Å². The number of hydrogen-bond acceptors (Lipinski definition) is 7. The number of halogens is 1. The number of fused-ring (bicyclic) bond motifs is 1. The fraction of sp³-hybridized carbons (Fsp3) is 0.241. The number of para-hydroxylation sites is 1. The second-order valence-electron chi connectivity index (χ2n) is 9.59. The molecule has 0 radical (unpaired) electrons. The molecule has 198 valence electrons. The Morgan fingerprint density at radius 2 is 1.74 bits per heavy atom. The van der Waals surface area contributed by atoms with Crippen molar-refractivity contribution in [1.82, 2.24) is 30.1 Å². The van der Waals surface area contributed by atoms with Crippen molar-refractivity contribution >= 4 is 16.6 Å². The van der Waals surface area contributed by atoms with Crippen LogP contribution in [0.5, 0.6) is 5.75 Å². The number of aromatic amines is 1. The summed E-state index contributed by atoms with van der Waals surface area (Å²) >= 11 is 0. The van der Waals surface area contributed by atoms with Crippen LogP contribution in [0.25, 0.3) is 10.9 Å². The molecule has 1 N–H and O–H groups in total. The normalized spacial score (nSPS) is 15.0. The molecule has 1 unspecified atom stereocenters. The van der Waals surface area contributed by atoms with Crippen LogP contribution in [0.2, 0.25) is 0 Å². The average molecular weight is 526 g/mol. The summed E-state index contributed by atoms with van der Waals surface area (Å²) < 4.78 is 20.5. The molecule has 0 saturated carbocycles. The highest BCUT2D eigenvalue weighted by molar-refractivity contribution is 5.80. The van der Waals surface area contributed by atoms with Gasteiger partial charge in [-0.1, -0.05) is 30.3 Å². The highest BCUT2D eigenvalue weighted by Crippen LogP contribution is 2.30. The third kappa shape index (κ3) is 5.10. The molecule has 0 amide bonds. The van der Waals surface area contributed by atoms with Gasteiger partial charge in [0.15, 0.2) is 5.82 Å². The van der Waals surface area contributed by atoms with E-state index in [1.165, 1.54) is 17.8 Å². The van der Waals surface area contributed by atoms with E-state index in [0.29, 0.717) is 42.3 Å². The molecule has 6 rings (SSSR count). The third-order valence-corrected chi connectivity index (χ3v) is 7.23. The molecule has 0 spiro atoms. The van der Waals surface area contributed by atoms with Crippen molar-refractivity contribution in [3.05, 3.63) is 112 Å². The zero-order valence-electron chi connectivity index (χ0n) is 21.5. The van der Waals surface area contributed by atoms with Gasteiger partial charge >= 0.3 is 0 Å². The molecule has 0 aliphatic carbocycles.